The molecule has 2 aliphatic carbocycles. The van der Waals surface area contributed by atoms with Crippen molar-refractivity contribution in [2.75, 3.05) is 11.3 Å². The number of anilines is 1. The van der Waals surface area contributed by atoms with Crippen molar-refractivity contribution in [1.29, 1.82) is 0 Å². The Morgan fingerprint density at radius 3 is 2.53 bits per heavy atom. The van der Waals surface area contributed by atoms with Gasteiger partial charge in [0.05, 0.1) is 28.9 Å². The van der Waals surface area contributed by atoms with Crippen molar-refractivity contribution in [3.8, 4) is 17.1 Å². The van der Waals surface area contributed by atoms with E-state index in [1.165, 1.54) is 12.1 Å². The number of carbonyl (C=O) groups excluding carboxylic acids is 1. The first-order valence-corrected chi connectivity index (χ1v) is 17.9. The number of hydrogen-bond acceptors (Lipinski definition) is 8. The number of nitrogens with one attached hydrogen (secondary N) is 1. The Labute approximate surface area is 286 Å². The number of ether oxygens (including phenoxy) is 1. The van der Waals surface area contributed by atoms with Gasteiger partial charge < -0.3 is 14.1 Å². The van der Waals surface area contributed by atoms with Crippen LogP contribution in [0.3, 0.4) is 0 Å². The molecule has 1 aliphatic heterocycles. The van der Waals surface area contributed by atoms with E-state index in [1.807, 2.05) is 56.3 Å². The van der Waals surface area contributed by atoms with Gasteiger partial charge in [-0.05, 0) is 86.2 Å². The van der Waals surface area contributed by atoms with E-state index >= 15 is 0 Å². The molecule has 0 saturated heterocycles. The maximum Gasteiger partial charge on any atom is 0.264 e. The van der Waals surface area contributed by atoms with Gasteiger partial charge in [-0.2, -0.15) is 4.98 Å². The Hall–Kier alpha value is -5.25. The van der Waals surface area contributed by atoms with Gasteiger partial charge in [0.1, 0.15) is 17.9 Å². The third-order valence-corrected chi connectivity index (χ3v) is 11.0. The summed E-state index contributed by atoms with van der Waals surface area (Å²) in [5, 5.41) is 0. The molecular formula is C38H37N5O5S. The van der Waals surface area contributed by atoms with Crippen molar-refractivity contribution in [2.24, 2.45) is 0 Å². The molecule has 4 heterocycles. The summed E-state index contributed by atoms with van der Waals surface area (Å²) in [4.78, 5) is 30.1. The van der Waals surface area contributed by atoms with Crippen molar-refractivity contribution in [3.63, 3.8) is 0 Å². The van der Waals surface area contributed by atoms with Gasteiger partial charge in [-0.3, -0.25) is 4.79 Å². The molecule has 10 nitrogen and oxygen atoms in total. The SMILES string of the molecule is Cc1cccc(C)c1-c1cc2nc(n1)NS(=O)(=O)c1cccc(c1)C(=O)N(Cc1ccc3oc(C4(C)CC4)cc3n1)[C@H](CC1=C=CC1)CO2.[HH]. The number of aryl methyl sites for hydroxylation is 2. The van der Waals surface area contributed by atoms with Gasteiger partial charge in [0.2, 0.25) is 11.8 Å². The molecule has 3 aromatic heterocycles. The van der Waals surface area contributed by atoms with Crippen LogP contribution in [0.2, 0.25) is 0 Å². The summed E-state index contributed by atoms with van der Waals surface area (Å²) < 4.78 is 42.4. The van der Waals surface area contributed by atoms with Crippen LogP contribution in [0.25, 0.3) is 22.4 Å². The van der Waals surface area contributed by atoms with Gasteiger partial charge in [0, 0.05) is 36.5 Å². The highest BCUT2D eigenvalue weighted by Crippen LogP contribution is 2.48. The standard InChI is InChI=1S/C38H35N5O5S.H2/c1-23-7-4-8-24(2)35(23)31-20-34-41-37(40-31)42-49(45,46)29-12-6-11-26(18-29)36(44)43(28(22-47-34)17-25-9-5-10-25)21-27-13-14-32-30(39-27)19-33(48-32)38(3)15-16-38;/h4-8,11-14,18-20,28H,9,15-17,21-22H2,1-3H3,(H,40,41,42);1H/t28-;/m1./s1. The quantitative estimate of drug-likeness (QED) is 0.186. The zero-order chi connectivity index (χ0) is 33.9. The fourth-order valence-corrected chi connectivity index (χ4v) is 7.46. The van der Waals surface area contributed by atoms with Crippen LogP contribution in [0.1, 0.15) is 67.0 Å². The Morgan fingerprint density at radius 2 is 1.80 bits per heavy atom. The monoisotopic (exact) mass is 675 g/mol. The highest BCUT2D eigenvalue weighted by Gasteiger charge is 2.42. The fourth-order valence-electron chi connectivity index (χ4n) is 6.47. The van der Waals surface area contributed by atoms with E-state index in [0.29, 0.717) is 23.4 Å². The van der Waals surface area contributed by atoms with Gasteiger partial charge in [0.25, 0.3) is 15.9 Å². The maximum atomic E-state index is 14.5. The van der Waals surface area contributed by atoms with E-state index < -0.39 is 16.1 Å². The minimum absolute atomic E-state index is 0. The number of sulfonamides is 1. The van der Waals surface area contributed by atoms with Crippen LogP contribution in [-0.4, -0.2) is 46.8 Å². The first-order valence-electron chi connectivity index (χ1n) is 16.4. The molecule has 1 N–H and O–H groups in total. The Balaban J connectivity index is 0.00000392. The molecule has 8 rings (SSSR count). The lowest BCUT2D eigenvalue weighted by Crippen LogP contribution is -2.44. The average molecular weight is 676 g/mol. The summed E-state index contributed by atoms with van der Waals surface area (Å²) in [5.74, 6) is 0.645. The van der Waals surface area contributed by atoms with Crippen LogP contribution in [-0.2, 0) is 22.0 Å². The number of fused-ring (bicyclic) bond motifs is 5. The second-order valence-electron chi connectivity index (χ2n) is 13.4. The minimum Gasteiger partial charge on any atom is -0.475 e. The molecule has 49 heavy (non-hydrogen) atoms. The fraction of sp³-hybridized carbons (Fsp3) is 0.289. The number of furan rings is 1. The van der Waals surface area contributed by atoms with Crippen LogP contribution in [0.4, 0.5) is 5.95 Å². The zero-order valence-corrected chi connectivity index (χ0v) is 28.3. The lowest BCUT2D eigenvalue weighted by molar-refractivity contribution is 0.0583. The molecule has 2 aromatic carbocycles. The Morgan fingerprint density at radius 1 is 1.02 bits per heavy atom. The normalized spacial score (nSPS) is 19.1. The largest absolute Gasteiger partial charge is 0.475 e. The summed E-state index contributed by atoms with van der Waals surface area (Å²) in [6.45, 7) is 6.39. The second-order valence-corrected chi connectivity index (χ2v) is 15.1. The van der Waals surface area contributed by atoms with Gasteiger partial charge >= 0.3 is 0 Å². The van der Waals surface area contributed by atoms with Crippen molar-refractivity contribution in [3.05, 3.63) is 112 Å². The van der Waals surface area contributed by atoms with Crippen LogP contribution >= 0.6 is 0 Å². The number of benzene rings is 2. The number of pyridine rings is 1. The van der Waals surface area contributed by atoms with E-state index in [4.69, 9.17) is 14.1 Å². The van der Waals surface area contributed by atoms with E-state index in [1.54, 1.807) is 23.1 Å². The molecule has 250 valence electrons. The second kappa shape index (κ2) is 11.7. The molecule has 1 fully saturated rings. The molecule has 1 amide bonds. The van der Waals surface area contributed by atoms with E-state index in [2.05, 4.69) is 27.3 Å². The molecule has 0 radical (unpaired) electrons. The van der Waals surface area contributed by atoms with Crippen molar-refractivity contribution < 1.29 is 23.8 Å². The van der Waals surface area contributed by atoms with Crippen molar-refractivity contribution >= 4 is 33.0 Å². The lowest BCUT2D eigenvalue weighted by atomic mass is 9.97. The number of rotatable bonds is 6. The summed E-state index contributed by atoms with van der Waals surface area (Å²) in [5.41, 5.74) is 10.0. The molecule has 4 bridgehead atoms. The average Bonchev–Trinajstić information content (AvgIpc) is 3.65. The molecule has 5 aromatic rings. The first-order chi connectivity index (χ1) is 23.5. The van der Waals surface area contributed by atoms with Crippen molar-refractivity contribution in [1.82, 2.24) is 19.9 Å². The van der Waals surface area contributed by atoms with Crippen LogP contribution in [0.15, 0.2) is 93.4 Å². The number of amides is 1. The molecule has 0 spiro atoms. The smallest absolute Gasteiger partial charge is 0.264 e. The van der Waals surface area contributed by atoms with Gasteiger partial charge in [-0.25, -0.2) is 23.1 Å². The van der Waals surface area contributed by atoms with E-state index in [0.717, 1.165) is 52.8 Å². The summed E-state index contributed by atoms with van der Waals surface area (Å²) in [6, 6.07) is 19.0. The molecule has 3 aliphatic rings. The first kappa shape index (κ1) is 31.0. The molecule has 11 heteroatoms. The van der Waals surface area contributed by atoms with E-state index in [9.17, 15) is 13.2 Å². The molecule has 1 atom stereocenters. The van der Waals surface area contributed by atoms with E-state index in [-0.39, 0.29) is 48.2 Å². The highest BCUT2D eigenvalue weighted by atomic mass is 32.2. The topological polar surface area (TPSA) is 128 Å². The van der Waals surface area contributed by atoms with Crippen molar-refractivity contribution in [2.45, 2.75) is 69.4 Å². The predicted molar refractivity (Wildman–Crippen MR) is 187 cm³/mol. The minimum atomic E-state index is -4.18. The summed E-state index contributed by atoms with van der Waals surface area (Å²) in [7, 11) is -4.18. The maximum absolute atomic E-state index is 14.5. The van der Waals surface area contributed by atoms with Gasteiger partial charge in [-0.1, -0.05) is 31.2 Å². The third-order valence-electron chi connectivity index (χ3n) is 9.68. The number of carbonyl (C=O) groups is 1. The molecule has 1 saturated carbocycles. The van der Waals surface area contributed by atoms with Gasteiger partial charge in [0.15, 0.2) is 5.58 Å². The number of hydrogen-bond donors (Lipinski definition) is 1. The zero-order valence-electron chi connectivity index (χ0n) is 27.5. The predicted octanol–water partition coefficient (Wildman–Crippen LogP) is 7.28. The molecular weight excluding hydrogens is 639 g/mol. The van der Waals surface area contributed by atoms with Crippen LogP contribution in [0, 0.1) is 13.8 Å². The molecule has 0 unspecified atom stereocenters. The Bertz CT molecular complexity index is 2320. The number of nitrogens with zero attached hydrogens (tertiary/aromatic N) is 4. The lowest BCUT2D eigenvalue weighted by Gasteiger charge is -2.32. The van der Waals surface area contributed by atoms with Crippen LogP contribution < -0.4 is 9.46 Å². The Kier molecular flexibility index (Phi) is 7.42. The van der Waals surface area contributed by atoms with Gasteiger partial charge in [-0.15, -0.1) is 5.73 Å². The van der Waals surface area contributed by atoms with Crippen LogP contribution in [0.5, 0.6) is 5.88 Å². The summed E-state index contributed by atoms with van der Waals surface area (Å²) >= 11 is 0. The summed E-state index contributed by atoms with van der Waals surface area (Å²) in [6.07, 6.45) is 5.40. The highest BCUT2D eigenvalue weighted by molar-refractivity contribution is 7.92. The number of aromatic nitrogens is 3. The third kappa shape index (κ3) is 6.00.